The molecule has 34 nitrogen and oxygen atoms in total. The molecule has 9 heterocycles. The van der Waals surface area contributed by atoms with E-state index in [2.05, 4.69) is 40.5 Å². The van der Waals surface area contributed by atoms with Crippen molar-refractivity contribution in [3.63, 3.8) is 0 Å². The number of hydrogen-bond acceptors (Lipinski definition) is 27. The van der Waals surface area contributed by atoms with Gasteiger partial charge in [-0.3, -0.25) is 42.3 Å². The molecule has 4 aromatic heterocycles. The SMILES string of the molecule is CC1CC(=O)N(CCCCCCC(=O)Nc2cc(COC(=O)N(C)CCCC(=O)Nc3ncnc4c3ncn4[C@@H]3O[C@@H]4COP(O)(=S)O[C@H]5[C@@H](F)[C@H](n6cnc7c(N)ncnc76)O[C@@H]5COP(O)(=S)O[C@H]4[C@H]3F)ccc2O[C@@H]2O[C@H](C(=O)O)[C@@H](O)[C@H](O)[C@H]2O)C1=O. The van der Waals surface area contributed by atoms with E-state index in [4.69, 9.17) is 71.1 Å². The number of nitrogens with one attached hydrogen (secondary N) is 2. The number of ether oxygens (including phenoxy) is 5. The number of aromatic nitrogens is 8. The van der Waals surface area contributed by atoms with Crippen LogP contribution in [-0.2, 0) is 91.2 Å². The second-order valence-electron chi connectivity index (χ2n) is 21.8. The number of carbonyl (C=O) groups excluding carboxylic acids is 5. The lowest BCUT2D eigenvalue weighted by Gasteiger charge is -2.38. The van der Waals surface area contributed by atoms with Crippen LogP contribution in [0.3, 0.4) is 0 Å². The number of aliphatic carboxylic acids is 1. The Morgan fingerprint density at radius 1 is 0.780 bits per heavy atom. The highest BCUT2D eigenvalue weighted by molar-refractivity contribution is 8.07. The molecule has 0 bridgehead atoms. The normalized spacial score (nSPS) is 31.2. The lowest BCUT2D eigenvalue weighted by Crippen LogP contribution is -2.61. The van der Waals surface area contributed by atoms with Gasteiger partial charge in [0.1, 0.15) is 73.3 Å². The summed E-state index contributed by atoms with van der Waals surface area (Å²) in [6.07, 6.45) is -17.5. The van der Waals surface area contributed by atoms with Crippen LogP contribution in [0.15, 0.2) is 43.5 Å². The van der Waals surface area contributed by atoms with E-state index in [9.17, 15) is 59.0 Å². The van der Waals surface area contributed by atoms with Crippen molar-refractivity contribution in [3.05, 3.63) is 49.1 Å². The van der Waals surface area contributed by atoms with Crippen LogP contribution >= 0.6 is 13.4 Å². The van der Waals surface area contributed by atoms with Gasteiger partial charge in [-0.2, -0.15) is 0 Å². The Morgan fingerprint density at radius 3 is 2.00 bits per heavy atom. The van der Waals surface area contributed by atoms with Gasteiger partial charge in [0.25, 0.3) is 0 Å². The number of nitrogen functional groups attached to an aromatic ring is 1. The average molecular weight is 1360 g/mol. The van der Waals surface area contributed by atoms with E-state index < -0.39 is 130 Å². The summed E-state index contributed by atoms with van der Waals surface area (Å²) in [5.41, 5.74) is 6.38. The van der Waals surface area contributed by atoms with Gasteiger partial charge >= 0.3 is 25.5 Å². The van der Waals surface area contributed by atoms with E-state index in [1.54, 1.807) is 6.92 Å². The standard InChI is InChI=1S/C51H63F2N13O21P2S2/c1-23-14-31(69)64(46(23)73)13-6-4-3-5-8-29(67)61-25-15-24(10-11-26(25)84-50-38(72)36(70)37(71)41(85-50)49(74)75)16-79-51(76)63(2)12-7-9-30(68)62-43-35-45(58-20-56-43)66(22-60-35)48-33(53)40-28(83-48)18-81-88(77,90)86-39-27(17-80-89(78,91)87-40)82-47(32(39)52)65-21-59-34-42(54)55-19-57-44(34)65/h10-11,15,19-23,27-28,32-33,36-41,47-48,50,70-72H,3-9,12-14,16-18H2,1-2H3,(H,61,67)(H,74,75)(H,77,90)(H,78,91)(H2,54,55,57)(H,56,58,62,68)/t23?,27-,28-,32-,33-,36+,37+,38-,39-,40-,41+,47-,48-,50-,88?,89?/m1/s1. The minimum absolute atomic E-state index is 0.000340. The van der Waals surface area contributed by atoms with E-state index in [0.717, 1.165) is 23.5 Å². The number of imide groups is 1. The topological polar surface area (TPSA) is 451 Å². The molecule has 3 unspecified atom stereocenters. The summed E-state index contributed by atoms with van der Waals surface area (Å²) in [5, 5.41) is 46.1. The zero-order chi connectivity index (χ0) is 65.2. The lowest BCUT2D eigenvalue weighted by molar-refractivity contribution is -0.271. The van der Waals surface area contributed by atoms with Crippen molar-refractivity contribution in [3.8, 4) is 5.75 Å². The molecule has 5 fully saturated rings. The fourth-order valence-corrected chi connectivity index (χ4v) is 13.5. The predicted molar refractivity (Wildman–Crippen MR) is 312 cm³/mol. The van der Waals surface area contributed by atoms with Gasteiger partial charge in [0.2, 0.25) is 29.9 Å². The van der Waals surface area contributed by atoms with E-state index >= 15 is 8.78 Å². The number of unbranched alkanes of at least 4 members (excludes halogenated alkanes) is 3. The number of carboxylic acids is 1. The van der Waals surface area contributed by atoms with Crippen molar-refractivity contribution < 1.29 is 110 Å². The monoisotopic (exact) mass is 1360 g/mol. The third-order valence-corrected chi connectivity index (χ3v) is 18.5. The van der Waals surface area contributed by atoms with E-state index in [0.29, 0.717) is 31.2 Å². The molecule has 1 aromatic carbocycles. The van der Waals surface area contributed by atoms with Gasteiger partial charge in [0, 0.05) is 45.3 Å². The molecule has 5 aliphatic rings. The van der Waals surface area contributed by atoms with Gasteiger partial charge in [-0.25, -0.2) is 48.3 Å². The molecule has 10 N–H and O–H groups in total. The maximum atomic E-state index is 16.8. The average Bonchev–Trinajstić information content (AvgIpc) is 1.68. The number of alkyl halides is 2. The Hall–Kier alpha value is -6.58. The summed E-state index contributed by atoms with van der Waals surface area (Å²) in [4.78, 5) is 126. The summed E-state index contributed by atoms with van der Waals surface area (Å²) in [6.45, 7) is -8.68. The number of hydrogen-bond donors (Lipinski definition) is 9. The van der Waals surface area contributed by atoms with Crippen LogP contribution in [0.25, 0.3) is 22.3 Å². The van der Waals surface area contributed by atoms with Crippen LogP contribution in [0.5, 0.6) is 5.75 Å². The second-order valence-corrected chi connectivity index (χ2v) is 27.4. The largest absolute Gasteiger partial charge is 0.479 e. The van der Waals surface area contributed by atoms with Crippen molar-refractivity contribution in [2.24, 2.45) is 5.92 Å². The number of likely N-dealkylation sites (tertiary alicyclic amines) is 1. The Balaban J connectivity index is 0.721. The molecule has 10 rings (SSSR count). The number of aliphatic hydroxyl groups excluding tert-OH is 3. The number of imidazole rings is 2. The molecule has 5 saturated heterocycles. The lowest BCUT2D eigenvalue weighted by atomic mass is 9.99. The van der Waals surface area contributed by atoms with Gasteiger partial charge in [0.05, 0.1) is 31.6 Å². The summed E-state index contributed by atoms with van der Waals surface area (Å²) in [6, 6.07) is 4.12. The van der Waals surface area contributed by atoms with E-state index in [1.165, 1.54) is 45.9 Å². The Labute approximate surface area is 524 Å². The van der Waals surface area contributed by atoms with Crippen LogP contribution < -0.4 is 21.1 Å². The van der Waals surface area contributed by atoms with Gasteiger partial charge in [-0.1, -0.05) is 25.8 Å². The van der Waals surface area contributed by atoms with Crippen molar-refractivity contribution in [2.75, 3.05) is 49.7 Å². The zero-order valence-corrected chi connectivity index (χ0v) is 51.6. The first-order valence-electron chi connectivity index (χ1n) is 28.3. The van der Waals surface area contributed by atoms with Crippen LogP contribution in [0.2, 0.25) is 0 Å². The number of benzene rings is 1. The highest BCUT2D eigenvalue weighted by Gasteiger charge is 2.54. The van der Waals surface area contributed by atoms with Crippen molar-refractivity contribution in [1.29, 1.82) is 0 Å². The summed E-state index contributed by atoms with van der Waals surface area (Å²) in [7, 11) is 1.41. The second kappa shape index (κ2) is 28.3. The number of nitrogens with zero attached hydrogens (tertiary/aromatic N) is 10. The first-order valence-corrected chi connectivity index (χ1v) is 33.5. The number of amides is 5. The van der Waals surface area contributed by atoms with Gasteiger partial charge in [-0.15, -0.1) is 0 Å². The molecular formula is C51H63F2N13O21P2S2. The van der Waals surface area contributed by atoms with Crippen LogP contribution in [0.4, 0.5) is 30.9 Å². The minimum Gasteiger partial charge on any atom is -0.479 e. The number of fused-ring (bicyclic) bond motifs is 4. The molecule has 0 saturated carbocycles. The molecular weight excluding hydrogens is 1290 g/mol. The predicted octanol–water partition coefficient (Wildman–Crippen LogP) is 1.51. The molecule has 0 spiro atoms. The molecule has 91 heavy (non-hydrogen) atoms. The zero-order valence-electron chi connectivity index (χ0n) is 48.1. The molecule has 494 valence electrons. The van der Waals surface area contributed by atoms with Gasteiger partial charge < -0.3 is 84.2 Å². The fourth-order valence-electron chi connectivity index (χ4n) is 10.6. The maximum Gasteiger partial charge on any atom is 0.409 e. The van der Waals surface area contributed by atoms with Crippen LogP contribution in [0, 0.1) is 5.92 Å². The Bertz CT molecular complexity index is 3660. The first kappa shape index (κ1) is 67.3. The fraction of sp³-hybridized carbons (Fsp3) is 0.569. The van der Waals surface area contributed by atoms with Crippen molar-refractivity contribution in [2.45, 2.75) is 145 Å². The molecule has 16 atom stereocenters. The number of carbonyl (C=O) groups is 6. The molecule has 5 aliphatic heterocycles. The number of aliphatic hydroxyl groups is 3. The number of rotatable bonds is 20. The summed E-state index contributed by atoms with van der Waals surface area (Å²) in [5.74, 6) is -3.74. The molecule has 5 amide bonds. The number of anilines is 3. The van der Waals surface area contributed by atoms with Gasteiger partial charge in [0.15, 0.2) is 59.3 Å². The molecule has 5 aromatic rings. The highest BCUT2D eigenvalue weighted by atomic mass is 32.5. The maximum absolute atomic E-state index is 16.8. The number of carboxylic acid groups (broad SMARTS) is 1. The van der Waals surface area contributed by atoms with Crippen LogP contribution in [0.1, 0.15) is 76.3 Å². The first-order chi connectivity index (χ1) is 43.3. The smallest absolute Gasteiger partial charge is 0.409 e. The third-order valence-electron chi connectivity index (χ3n) is 15.4. The van der Waals surface area contributed by atoms with E-state index in [-0.39, 0.29) is 109 Å². The van der Waals surface area contributed by atoms with Crippen molar-refractivity contribution in [1.82, 2.24) is 48.8 Å². The number of nitrogens with two attached hydrogens (primary N) is 1. The molecule has 0 aliphatic carbocycles. The van der Waals surface area contributed by atoms with Gasteiger partial charge in [-0.05, 0) is 60.6 Å². The summed E-state index contributed by atoms with van der Waals surface area (Å²) >= 11 is 10.5. The Morgan fingerprint density at radius 2 is 1.37 bits per heavy atom. The Kier molecular flexibility index (Phi) is 21.0. The van der Waals surface area contributed by atoms with Crippen LogP contribution in [-0.4, -0.2) is 216 Å². The quantitative estimate of drug-likeness (QED) is 0.0303. The molecule has 0 radical (unpaired) electrons. The highest BCUT2D eigenvalue weighted by Crippen LogP contribution is 2.55. The minimum atomic E-state index is -4.44. The summed E-state index contributed by atoms with van der Waals surface area (Å²) < 4.78 is 86.4. The molecule has 40 heteroatoms. The number of halogens is 2. The van der Waals surface area contributed by atoms with E-state index in [1.807, 2.05) is 0 Å². The van der Waals surface area contributed by atoms with Crippen molar-refractivity contribution >= 4 is 112 Å². The third kappa shape index (κ3) is 15.3.